The molecule has 0 aromatic carbocycles. The number of aliphatic hydroxyl groups is 2. The highest BCUT2D eigenvalue weighted by atomic mass is 16.6. The zero-order valence-corrected chi connectivity index (χ0v) is 22.6. The second-order valence-electron chi connectivity index (χ2n) is 11.1. The summed E-state index contributed by atoms with van der Waals surface area (Å²) >= 11 is 0. The fourth-order valence-corrected chi connectivity index (χ4v) is 5.67. The number of aromatic nitrogens is 3. The van der Waals surface area contributed by atoms with Crippen molar-refractivity contribution in [2.24, 2.45) is 23.3 Å². The molecule has 2 aliphatic carbocycles. The molecule has 2 unspecified atom stereocenters. The van der Waals surface area contributed by atoms with Gasteiger partial charge >= 0.3 is 6.09 Å². The molecule has 2 saturated carbocycles. The Hall–Kier alpha value is -3.51. The first kappa shape index (κ1) is 29.5. The van der Waals surface area contributed by atoms with Crippen LogP contribution in [0.1, 0.15) is 62.6 Å². The van der Waals surface area contributed by atoms with Crippen LogP contribution in [0.4, 0.5) is 4.79 Å². The zero-order valence-electron chi connectivity index (χ0n) is 22.6. The lowest BCUT2D eigenvalue weighted by molar-refractivity contribution is -0.130. The summed E-state index contributed by atoms with van der Waals surface area (Å²) in [5.74, 6) is -1.63. The molecule has 7 N–H and O–H groups in total. The maximum Gasteiger partial charge on any atom is 0.411 e. The van der Waals surface area contributed by atoms with Crippen molar-refractivity contribution in [3.05, 3.63) is 48.3 Å². The molecule has 2 aromatic heterocycles. The van der Waals surface area contributed by atoms with Crippen molar-refractivity contribution in [2.75, 3.05) is 0 Å². The van der Waals surface area contributed by atoms with E-state index in [1.165, 1.54) is 12.5 Å². The van der Waals surface area contributed by atoms with Crippen molar-refractivity contribution < 1.29 is 29.3 Å². The number of aliphatic hydroxyl groups excluding tert-OH is 2. The Labute approximate surface area is 233 Å². The van der Waals surface area contributed by atoms with Crippen molar-refractivity contribution in [1.29, 1.82) is 0 Å². The number of imidazole rings is 1. The normalized spacial score (nSPS) is 19.6. The molecule has 0 bridgehead atoms. The Morgan fingerprint density at radius 3 is 2.40 bits per heavy atom. The molecule has 2 aromatic rings. The van der Waals surface area contributed by atoms with Crippen molar-refractivity contribution in [3.8, 4) is 0 Å². The van der Waals surface area contributed by atoms with Crippen LogP contribution in [-0.4, -0.2) is 78.4 Å². The minimum Gasteiger partial charge on any atom is -0.436 e. The Balaban J connectivity index is 1.68. The van der Waals surface area contributed by atoms with Crippen molar-refractivity contribution in [1.82, 2.24) is 19.9 Å². The Morgan fingerprint density at radius 1 is 1.07 bits per heavy atom. The molecular formula is C28H40N6O6. The number of nitrogens with zero attached hydrogens (tertiary/aromatic N) is 3. The summed E-state index contributed by atoms with van der Waals surface area (Å²) in [6.45, 7) is 0. The van der Waals surface area contributed by atoms with Gasteiger partial charge in [0, 0.05) is 31.4 Å². The van der Waals surface area contributed by atoms with E-state index < -0.39 is 48.3 Å². The summed E-state index contributed by atoms with van der Waals surface area (Å²) in [4.78, 5) is 51.4. The molecule has 3 amide bonds. The smallest absolute Gasteiger partial charge is 0.411 e. The number of primary amides is 2. The molecule has 0 spiro atoms. The molecule has 5 atom stereocenters. The molecule has 12 heteroatoms. The summed E-state index contributed by atoms with van der Waals surface area (Å²) < 4.78 is 5.66. The number of ether oxygens (including phenoxy) is 1. The van der Waals surface area contributed by atoms with Gasteiger partial charge in [0.1, 0.15) is 12.1 Å². The lowest BCUT2D eigenvalue weighted by Gasteiger charge is -2.42. The number of pyridine rings is 1. The van der Waals surface area contributed by atoms with Crippen LogP contribution in [-0.2, 0) is 27.2 Å². The average molecular weight is 557 g/mol. The number of hydrogen-bond donors (Lipinski definition) is 5. The number of H-pyrrole nitrogens is 1. The third kappa shape index (κ3) is 7.79. The van der Waals surface area contributed by atoms with Crippen LogP contribution in [0.3, 0.4) is 0 Å². The second kappa shape index (κ2) is 13.7. The summed E-state index contributed by atoms with van der Waals surface area (Å²) in [5.41, 5.74) is 12.6. The van der Waals surface area contributed by atoms with E-state index >= 15 is 0 Å². The van der Waals surface area contributed by atoms with Crippen molar-refractivity contribution >= 4 is 17.9 Å². The highest BCUT2D eigenvalue weighted by Crippen LogP contribution is 2.38. The van der Waals surface area contributed by atoms with Crippen LogP contribution in [0.5, 0.6) is 0 Å². The van der Waals surface area contributed by atoms with Gasteiger partial charge in [-0.25, -0.2) is 9.78 Å². The number of amides is 3. The minimum absolute atomic E-state index is 0.0239. The van der Waals surface area contributed by atoms with E-state index in [2.05, 4.69) is 15.0 Å². The summed E-state index contributed by atoms with van der Waals surface area (Å²) in [6, 6.07) is 1.15. The third-order valence-electron chi connectivity index (χ3n) is 8.04. The molecule has 2 heterocycles. The van der Waals surface area contributed by atoms with Gasteiger partial charge < -0.3 is 31.4 Å². The number of rotatable bonds is 14. The number of carbonyl (C=O) groups excluding carboxylic acids is 3. The van der Waals surface area contributed by atoms with Gasteiger partial charge in [-0.2, -0.15) is 0 Å². The maximum atomic E-state index is 14.0. The summed E-state index contributed by atoms with van der Waals surface area (Å²) in [7, 11) is 0. The zero-order chi connectivity index (χ0) is 28.6. The molecule has 4 rings (SSSR count). The number of aromatic amines is 1. The molecule has 2 aliphatic rings. The van der Waals surface area contributed by atoms with E-state index in [0.29, 0.717) is 17.7 Å². The monoisotopic (exact) mass is 556 g/mol. The molecule has 218 valence electrons. The number of hydrogen-bond acceptors (Lipinski definition) is 8. The van der Waals surface area contributed by atoms with E-state index in [-0.39, 0.29) is 24.7 Å². The second-order valence-corrected chi connectivity index (χ2v) is 11.1. The summed E-state index contributed by atoms with van der Waals surface area (Å²) in [5, 5.41) is 22.5. The van der Waals surface area contributed by atoms with Crippen molar-refractivity contribution in [3.63, 3.8) is 0 Å². The standard InChI is InChI=1S/C28H40N6O6/c29-26(37)22(13-20-15-32-16-33-20)34(28(39)40-23(27(30)38)12-18-7-4-10-31-14-18)21(11-17-5-2-1-3-6-17)25(36)24(35)19-8-9-19/h4,7,10,14-17,19,21-25,35-36H,1-3,5-6,8-9,11-13H2,(H2,29,37)(H2,30,38)(H,32,33)/t21-,22?,23?,24-,25+/m0/s1. The quantitative estimate of drug-likeness (QED) is 0.229. The lowest BCUT2D eigenvalue weighted by atomic mass is 9.81. The van der Waals surface area contributed by atoms with E-state index in [1.54, 1.807) is 24.5 Å². The highest BCUT2D eigenvalue weighted by molar-refractivity contribution is 5.86. The van der Waals surface area contributed by atoms with Gasteiger partial charge in [0.25, 0.3) is 5.91 Å². The Kier molecular flexibility index (Phi) is 10.1. The predicted octanol–water partition coefficient (Wildman–Crippen LogP) is 1.21. The van der Waals surface area contributed by atoms with Gasteiger partial charge in [0.2, 0.25) is 5.91 Å². The van der Waals surface area contributed by atoms with Gasteiger partial charge in [0.15, 0.2) is 6.10 Å². The van der Waals surface area contributed by atoms with Crippen LogP contribution in [0.25, 0.3) is 0 Å². The van der Waals surface area contributed by atoms with Gasteiger partial charge in [-0.05, 0) is 42.7 Å². The van der Waals surface area contributed by atoms with Crippen LogP contribution in [0, 0.1) is 11.8 Å². The fourth-order valence-electron chi connectivity index (χ4n) is 5.67. The fraction of sp³-hybridized carbons (Fsp3) is 0.607. The Morgan fingerprint density at radius 2 is 1.82 bits per heavy atom. The topological polar surface area (TPSA) is 198 Å². The van der Waals surface area contributed by atoms with Crippen LogP contribution in [0.15, 0.2) is 37.1 Å². The molecular weight excluding hydrogens is 516 g/mol. The number of carbonyl (C=O) groups is 3. The number of nitrogens with two attached hydrogens (primary N) is 2. The van der Waals surface area contributed by atoms with Crippen LogP contribution < -0.4 is 11.5 Å². The molecule has 0 radical (unpaired) electrons. The predicted molar refractivity (Wildman–Crippen MR) is 144 cm³/mol. The maximum absolute atomic E-state index is 14.0. The van der Waals surface area contributed by atoms with E-state index in [9.17, 15) is 24.6 Å². The molecule has 12 nitrogen and oxygen atoms in total. The van der Waals surface area contributed by atoms with Gasteiger partial charge in [-0.15, -0.1) is 0 Å². The highest BCUT2D eigenvalue weighted by Gasteiger charge is 2.46. The molecule has 0 saturated heterocycles. The average Bonchev–Trinajstić information content (AvgIpc) is 3.67. The first-order chi connectivity index (χ1) is 19.2. The minimum atomic E-state index is -1.36. The lowest BCUT2D eigenvalue weighted by Crippen LogP contribution is -2.60. The van der Waals surface area contributed by atoms with E-state index in [1.807, 2.05) is 0 Å². The van der Waals surface area contributed by atoms with Crippen LogP contribution in [0.2, 0.25) is 0 Å². The van der Waals surface area contributed by atoms with Crippen LogP contribution >= 0.6 is 0 Å². The van der Waals surface area contributed by atoms with Gasteiger partial charge in [-0.1, -0.05) is 38.2 Å². The molecule has 0 aliphatic heterocycles. The largest absolute Gasteiger partial charge is 0.436 e. The van der Waals surface area contributed by atoms with Crippen molar-refractivity contribution in [2.45, 2.75) is 94.6 Å². The molecule has 2 fully saturated rings. The SMILES string of the molecule is NC(=O)C(Cc1cccnc1)OC(=O)N(C(Cc1c[nH]cn1)C(N)=O)[C@@H](CC1CCCCC1)[C@@H](O)[C@@H](O)C1CC1. The third-order valence-corrected chi connectivity index (χ3v) is 8.04. The number of nitrogens with one attached hydrogen (secondary N) is 1. The van der Waals surface area contributed by atoms with E-state index in [4.69, 9.17) is 16.2 Å². The first-order valence-corrected chi connectivity index (χ1v) is 14.0. The first-order valence-electron chi connectivity index (χ1n) is 14.0. The summed E-state index contributed by atoms with van der Waals surface area (Å²) in [6.07, 6.45) is 8.05. The Bertz CT molecular complexity index is 1110. The van der Waals surface area contributed by atoms with Gasteiger partial charge in [0.05, 0.1) is 24.2 Å². The molecule has 40 heavy (non-hydrogen) atoms. The van der Waals surface area contributed by atoms with Gasteiger partial charge in [-0.3, -0.25) is 19.5 Å². The van der Waals surface area contributed by atoms with E-state index in [0.717, 1.165) is 49.8 Å².